The quantitative estimate of drug-likeness (QED) is 0.587. The fourth-order valence-corrected chi connectivity index (χ4v) is 3.63. The molecule has 0 N–H and O–H groups in total. The van der Waals surface area contributed by atoms with Crippen LogP contribution in [0.5, 0.6) is 0 Å². The van der Waals surface area contributed by atoms with Crippen LogP contribution in [0.15, 0.2) is 51.9 Å². The second-order valence-corrected chi connectivity index (χ2v) is 7.50. The molecule has 138 valence electrons. The maximum Gasteiger partial charge on any atom is 0.232 e. The number of nitrogens with zero attached hydrogens (tertiary/aromatic N) is 3. The molecule has 1 aliphatic rings. The molecule has 0 spiro atoms. The molecule has 1 unspecified atom stereocenters. The molecule has 8 heteroatoms. The molecular formula is C19H15ClFN3O2S. The van der Waals surface area contributed by atoms with Crippen LogP contribution in [0.3, 0.4) is 0 Å². The lowest BCUT2D eigenvalue weighted by Crippen LogP contribution is -2.25. The van der Waals surface area contributed by atoms with Crippen molar-refractivity contribution in [3.63, 3.8) is 0 Å². The molecule has 1 saturated heterocycles. The van der Waals surface area contributed by atoms with Gasteiger partial charge in [-0.25, -0.2) is 4.39 Å². The average molecular weight is 404 g/mol. The second-order valence-electron chi connectivity index (χ2n) is 6.19. The molecule has 0 bridgehead atoms. The standard InChI is InChI=1S/C19H15ClFN3O2S/c1-27-14-5-2-11(3-6-14)18-22-19(26-23-18)12-8-17(25)24(10-12)16-9-13(20)4-7-15(16)21/h2-7,9,12H,8,10H2,1H3. The first-order valence-corrected chi connectivity index (χ1v) is 9.89. The summed E-state index contributed by atoms with van der Waals surface area (Å²) in [6, 6.07) is 12.0. The van der Waals surface area contributed by atoms with Crippen LogP contribution in [0.4, 0.5) is 10.1 Å². The van der Waals surface area contributed by atoms with Crippen LogP contribution in [0.2, 0.25) is 5.02 Å². The Hall–Kier alpha value is -2.38. The van der Waals surface area contributed by atoms with Crippen LogP contribution in [0.1, 0.15) is 18.2 Å². The Labute approximate surface area is 164 Å². The third kappa shape index (κ3) is 3.57. The minimum atomic E-state index is -0.492. The van der Waals surface area contributed by atoms with Gasteiger partial charge in [-0.15, -0.1) is 11.8 Å². The van der Waals surface area contributed by atoms with Crippen molar-refractivity contribution < 1.29 is 13.7 Å². The highest BCUT2D eigenvalue weighted by atomic mass is 35.5. The highest BCUT2D eigenvalue weighted by Gasteiger charge is 2.36. The van der Waals surface area contributed by atoms with E-state index in [2.05, 4.69) is 10.1 Å². The normalized spacial score (nSPS) is 16.9. The third-order valence-electron chi connectivity index (χ3n) is 4.46. The predicted molar refractivity (Wildman–Crippen MR) is 103 cm³/mol. The maximum absolute atomic E-state index is 14.1. The number of anilines is 1. The van der Waals surface area contributed by atoms with Gasteiger partial charge in [-0.3, -0.25) is 4.79 Å². The molecule has 5 nitrogen and oxygen atoms in total. The Bertz CT molecular complexity index is 993. The van der Waals surface area contributed by atoms with Crippen LogP contribution in [0.25, 0.3) is 11.4 Å². The minimum Gasteiger partial charge on any atom is -0.339 e. The first-order valence-electron chi connectivity index (χ1n) is 8.28. The summed E-state index contributed by atoms with van der Waals surface area (Å²) in [5.41, 5.74) is 1.01. The number of amides is 1. The Balaban J connectivity index is 1.56. The maximum atomic E-state index is 14.1. The van der Waals surface area contributed by atoms with Crippen LogP contribution in [0, 0.1) is 5.82 Å². The van der Waals surface area contributed by atoms with Crippen molar-refractivity contribution in [3.8, 4) is 11.4 Å². The van der Waals surface area contributed by atoms with E-state index in [1.807, 2.05) is 30.5 Å². The van der Waals surface area contributed by atoms with Crippen LogP contribution < -0.4 is 4.90 Å². The Morgan fingerprint density at radius 3 is 2.78 bits per heavy atom. The van der Waals surface area contributed by atoms with Gasteiger partial charge in [0.05, 0.1) is 11.6 Å². The van der Waals surface area contributed by atoms with E-state index in [1.165, 1.54) is 23.1 Å². The molecule has 1 aromatic heterocycles. The summed E-state index contributed by atoms with van der Waals surface area (Å²) >= 11 is 7.59. The number of carbonyl (C=O) groups is 1. The lowest BCUT2D eigenvalue weighted by atomic mass is 10.1. The fraction of sp³-hybridized carbons (Fsp3) is 0.211. The van der Waals surface area contributed by atoms with Crippen LogP contribution >= 0.6 is 23.4 Å². The van der Waals surface area contributed by atoms with Gasteiger partial charge in [0.15, 0.2) is 0 Å². The molecule has 2 heterocycles. The van der Waals surface area contributed by atoms with Gasteiger partial charge in [-0.2, -0.15) is 4.98 Å². The Morgan fingerprint density at radius 2 is 2.04 bits per heavy atom. The Morgan fingerprint density at radius 1 is 1.26 bits per heavy atom. The van der Waals surface area contributed by atoms with Crippen molar-refractivity contribution >= 4 is 35.0 Å². The van der Waals surface area contributed by atoms with Crippen molar-refractivity contribution in [1.82, 2.24) is 10.1 Å². The number of halogens is 2. The number of carbonyl (C=O) groups excluding carboxylic acids is 1. The summed E-state index contributed by atoms with van der Waals surface area (Å²) in [5.74, 6) is -0.143. The summed E-state index contributed by atoms with van der Waals surface area (Å²) in [5, 5.41) is 4.39. The first kappa shape index (κ1) is 18.0. The fourth-order valence-electron chi connectivity index (χ4n) is 3.06. The minimum absolute atomic E-state index is 0.169. The second kappa shape index (κ2) is 7.32. The zero-order valence-electron chi connectivity index (χ0n) is 14.4. The largest absolute Gasteiger partial charge is 0.339 e. The van der Waals surface area contributed by atoms with Gasteiger partial charge < -0.3 is 9.42 Å². The zero-order chi connectivity index (χ0) is 19.0. The number of hydrogen-bond acceptors (Lipinski definition) is 5. The molecule has 27 heavy (non-hydrogen) atoms. The predicted octanol–water partition coefficient (Wildman–Crippen LogP) is 4.77. The Kier molecular flexibility index (Phi) is 4.88. The van der Waals surface area contributed by atoms with Crippen LogP contribution in [-0.4, -0.2) is 28.8 Å². The molecule has 3 aromatic rings. The monoisotopic (exact) mass is 403 g/mol. The number of thioether (sulfide) groups is 1. The molecule has 0 radical (unpaired) electrons. The van der Waals surface area contributed by atoms with Gasteiger partial charge in [0.1, 0.15) is 5.82 Å². The van der Waals surface area contributed by atoms with Crippen molar-refractivity contribution in [1.29, 1.82) is 0 Å². The molecule has 1 fully saturated rings. The van der Waals surface area contributed by atoms with E-state index >= 15 is 0 Å². The summed E-state index contributed by atoms with van der Waals surface area (Å²) in [6.45, 7) is 0.267. The average Bonchev–Trinajstić information content (AvgIpc) is 3.31. The van der Waals surface area contributed by atoms with Gasteiger partial charge in [0.2, 0.25) is 17.6 Å². The highest BCUT2D eigenvalue weighted by molar-refractivity contribution is 7.98. The first-order chi connectivity index (χ1) is 13.0. The van der Waals surface area contributed by atoms with E-state index in [1.54, 1.807) is 11.8 Å². The highest BCUT2D eigenvalue weighted by Crippen LogP contribution is 2.34. The van der Waals surface area contributed by atoms with Crippen LogP contribution in [-0.2, 0) is 4.79 Å². The molecular weight excluding hydrogens is 389 g/mol. The van der Waals surface area contributed by atoms with E-state index in [4.69, 9.17) is 16.1 Å². The van der Waals surface area contributed by atoms with Gasteiger partial charge in [-0.05, 0) is 48.7 Å². The summed E-state index contributed by atoms with van der Waals surface area (Å²) in [4.78, 5) is 19.4. The summed E-state index contributed by atoms with van der Waals surface area (Å²) in [7, 11) is 0. The number of hydrogen-bond donors (Lipinski definition) is 0. The summed E-state index contributed by atoms with van der Waals surface area (Å²) in [6.07, 6.45) is 2.19. The summed E-state index contributed by atoms with van der Waals surface area (Å²) < 4.78 is 19.5. The topological polar surface area (TPSA) is 59.2 Å². The van der Waals surface area contributed by atoms with Crippen molar-refractivity contribution in [2.24, 2.45) is 0 Å². The van der Waals surface area contributed by atoms with E-state index in [9.17, 15) is 9.18 Å². The van der Waals surface area contributed by atoms with E-state index in [0.29, 0.717) is 16.7 Å². The number of benzene rings is 2. The van der Waals surface area contributed by atoms with Gasteiger partial charge in [0.25, 0.3) is 0 Å². The van der Waals surface area contributed by atoms with Crippen molar-refractivity contribution in [3.05, 3.63) is 59.2 Å². The molecule has 4 rings (SSSR count). The number of aromatic nitrogens is 2. The number of rotatable bonds is 4. The van der Waals surface area contributed by atoms with Crippen molar-refractivity contribution in [2.75, 3.05) is 17.7 Å². The lowest BCUT2D eigenvalue weighted by Gasteiger charge is -2.17. The molecule has 0 aliphatic carbocycles. The smallest absolute Gasteiger partial charge is 0.232 e. The van der Waals surface area contributed by atoms with E-state index in [-0.39, 0.29) is 30.5 Å². The molecule has 1 amide bonds. The SMILES string of the molecule is CSc1ccc(-c2noc(C3CC(=O)N(c4cc(Cl)ccc4F)C3)n2)cc1. The van der Waals surface area contributed by atoms with Crippen molar-refractivity contribution in [2.45, 2.75) is 17.2 Å². The molecule has 2 aromatic carbocycles. The lowest BCUT2D eigenvalue weighted by molar-refractivity contribution is -0.117. The van der Waals surface area contributed by atoms with E-state index in [0.717, 1.165) is 10.5 Å². The van der Waals surface area contributed by atoms with Gasteiger partial charge >= 0.3 is 0 Å². The molecule has 1 atom stereocenters. The third-order valence-corrected chi connectivity index (χ3v) is 5.44. The van der Waals surface area contributed by atoms with Gasteiger partial charge in [0, 0.05) is 28.4 Å². The molecule has 0 saturated carbocycles. The molecule has 1 aliphatic heterocycles. The van der Waals surface area contributed by atoms with Gasteiger partial charge in [-0.1, -0.05) is 16.8 Å². The van der Waals surface area contributed by atoms with E-state index < -0.39 is 5.82 Å². The zero-order valence-corrected chi connectivity index (χ0v) is 15.9.